The molecule has 0 aliphatic carbocycles. The van der Waals surface area contributed by atoms with E-state index in [2.05, 4.69) is 40.3 Å². The van der Waals surface area contributed by atoms with Crippen molar-refractivity contribution in [1.29, 1.82) is 0 Å². The fraction of sp³-hybridized carbons (Fsp3) is 0.818. The highest BCUT2D eigenvalue weighted by molar-refractivity contribution is 4.86. The van der Waals surface area contributed by atoms with Crippen LogP contribution in [0.2, 0.25) is 0 Å². The molecular weight excluding hydrogens is 132 g/mol. The Hall–Kier alpha value is -0.260. The van der Waals surface area contributed by atoms with Gasteiger partial charge < -0.3 is 0 Å². The summed E-state index contributed by atoms with van der Waals surface area (Å²) in [5.41, 5.74) is 0.442. The fourth-order valence-electron chi connectivity index (χ4n) is 1.18. The van der Waals surface area contributed by atoms with E-state index in [-0.39, 0.29) is 0 Å². The highest BCUT2D eigenvalue weighted by Crippen LogP contribution is 2.32. The van der Waals surface area contributed by atoms with Gasteiger partial charge in [-0.15, -0.1) is 6.58 Å². The molecule has 0 saturated carbocycles. The highest BCUT2D eigenvalue weighted by Gasteiger charge is 2.22. The van der Waals surface area contributed by atoms with E-state index in [4.69, 9.17) is 0 Å². The van der Waals surface area contributed by atoms with E-state index in [0.717, 1.165) is 0 Å². The van der Waals surface area contributed by atoms with E-state index in [1.54, 1.807) is 0 Å². The van der Waals surface area contributed by atoms with Crippen molar-refractivity contribution in [2.45, 2.75) is 47.0 Å². The smallest absolute Gasteiger partial charge is 0.0213 e. The summed E-state index contributed by atoms with van der Waals surface area (Å²) in [6.45, 7) is 13.0. The zero-order valence-electron chi connectivity index (χ0n) is 8.48. The standard InChI is InChI=1S/C11H22/c1-6-8-9-11(4,5)10(3)7-2/h7,10H,2,6,8-9H2,1,3-5H3. The highest BCUT2D eigenvalue weighted by atomic mass is 14.3. The Morgan fingerprint density at radius 2 is 2.00 bits per heavy atom. The van der Waals surface area contributed by atoms with Crippen molar-refractivity contribution in [2.24, 2.45) is 11.3 Å². The Balaban J connectivity index is 3.87. The lowest BCUT2D eigenvalue weighted by atomic mass is 9.76. The SMILES string of the molecule is C=CC(C)C(C)(C)CCCC. The van der Waals surface area contributed by atoms with Gasteiger partial charge in [0.05, 0.1) is 0 Å². The normalized spacial score (nSPS) is 14.5. The maximum Gasteiger partial charge on any atom is -0.0213 e. The van der Waals surface area contributed by atoms with Crippen molar-refractivity contribution in [3.8, 4) is 0 Å². The second-order valence-electron chi connectivity index (χ2n) is 4.12. The predicted octanol–water partition coefficient (Wildman–Crippen LogP) is 4.02. The summed E-state index contributed by atoms with van der Waals surface area (Å²) in [7, 11) is 0. The molecule has 0 aliphatic heterocycles. The first-order valence-corrected chi connectivity index (χ1v) is 4.67. The molecular formula is C11H22. The zero-order valence-corrected chi connectivity index (χ0v) is 8.48. The molecule has 0 N–H and O–H groups in total. The monoisotopic (exact) mass is 154 g/mol. The molecule has 0 nitrogen and oxygen atoms in total. The molecule has 66 valence electrons. The first-order valence-electron chi connectivity index (χ1n) is 4.67. The summed E-state index contributed by atoms with van der Waals surface area (Å²) in [5.74, 6) is 0.633. The average molecular weight is 154 g/mol. The number of allylic oxidation sites excluding steroid dienone is 1. The third-order valence-electron chi connectivity index (χ3n) is 2.76. The van der Waals surface area contributed by atoms with Crippen LogP contribution in [0.1, 0.15) is 47.0 Å². The Bertz CT molecular complexity index is 111. The number of unbranched alkanes of at least 4 members (excludes halogenated alkanes) is 1. The van der Waals surface area contributed by atoms with Gasteiger partial charge in [-0.1, -0.05) is 46.6 Å². The molecule has 0 aromatic carbocycles. The summed E-state index contributed by atoms with van der Waals surface area (Å²) >= 11 is 0. The van der Waals surface area contributed by atoms with Gasteiger partial charge in [0.2, 0.25) is 0 Å². The first-order chi connectivity index (χ1) is 5.04. The van der Waals surface area contributed by atoms with E-state index >= 15 is 0 Å². The van der Waals surface area contributed by atoms with Gasteiger partial charge in [-0.05, 0) is 17.8 Å². The Morgan fingerprint density at radius 3 is 2.36 bits per heavy atom. The van der Waals surface area contributed by atoms with Crippen molar-refractivity contribution < 1.29 is 0 Å². The molecule has 0 amide bonds. The Labute approximate surface area is 71.7 Å². The second-order valence-corrected chi connectivity index (χ2v) is 4.12. The quantitative estimate of drug-likeness (QED) is 0.524. The molecule has 0 bridgehead atoms. The van der Waals surface area contributed by atoms with Crippen molar-refractivity contribution in [3.63, 3.8) is 0 Å². The molecule has 0 rings (SSSR count). The molecule has 0 heterocycles. The molecule has 1 unspecified atom stereocenters. The van der Waals surface area contributed by atoms with Crippen LogP contribution in [0.5, 0.6) is 0 Å². The first kappa shape index (κ1) is 10.7. The van der Waals surface area contributed by atoms with Crippen LogP contribution >= 0.6 is 0 Å². The summed E-state index contributed by atoms with van der Waals surface area (Å²) in [4.78, 5) is 0. The molecule has 0 aliphatic rings. The van der Waals surface area contributed by atoms with Gasteiger partial charge in [-0.25, -0.2) is 0 Å². The van der Waals surface area contributed by atoms with Crippen LogP contribution in [0.3, 0.4) is 0 Å². The predicted molar refractivity (Wildman–Crippen MR) is 52.7 cm³/mol. The van der Waals surface area contributed by atoms with Gasteiger partial charge in [-0.2, -0.15) is 0 Å². The summed E-state index contributed by atoms with van der Waals surface area (Å²) in [6.07, 6.45) is 6.02. The Morgan fingerprint density at radius 1 is 1.45 bits per heavy atom. The Kier molecular flexibility index (Phi) is 4.48. The number of rotatable bonds is 5. The van der Waals surface area contributed by atoms with Crippen LogP contribution in [-0.2, 0) is 0 Å². The minimum atomic E-state index is 0.442. The van der Waals surface area contributed by atoms with Gasteiger partial charge in [0, 0.05) is 0 Å². The third kappa shape index (κ3) is 3.60. The van der Waals surface area contributed by atoms with Crippen LogP contribution in [0.25, 0.3) is 0 Å². The van der Waals surface area contributed by atoms with Gasteiger partial charge in [-0.3, -0.25) is 0 Å². The summed E-state index contributed by atoms with van der Waals surface area (Å²) in [6, 6.07) is 0. The number of hydrogen-bond donors (Lipinski definition) is 0. The maximum atomic E-state index is 3.83. The lowest BCUT2D eigenvalue weighted by Gasteiger charge is -2.29. The van der Waals surface area contributed by atoms with Crippen molar-refractivity contribution in [2.75, 3.05) is 0 Å². The molecule has 0 spiro atoms. The topological polar surface area (TPSA) is 0 Å². The largest absolute Gasteiger partial charge is 0.103 e. The van der Waals surface area contributed by atoms with E-state index in [0.29, 0.717) is 11.3 Å². The maximum absolute atomic E-state index is 3.83. The van der Waals surface area contributed by atoms with E-state index in [9.17, 15) is 0 Å². The fourth-order valence-corrected chi connectivity index (χ4v) is 1.18. The van der Waals surface area contributed by atoms with Crippen molar-refractivity contribution in [1.82, 2.24) is 0 Å². The zero-order chi connectivity index (χ0) is 8.91. The molecule has 11 heavy (non-hydrogen) atoms. The van der Waals surface area contributed by atoms with Gasteiger partial charge in [0.25, 0.3) is 0 Å². The molecule has 0 aromatic rings. The lowest BCUT2D eigenvalue weighted by Crippen LogP contribution is -2.19. The molecule has 1 atom stereocenters. The lowest BCUT2D eigenvalue weighted by molar-refractivity contribution is 0.247. The summed E-state index contributed by atoms with van der Waals surface area (Å²) < 4.78 is 0. The van der Waals surface area contributed by atoms with Crippen molar-refractivity contribution >= 4 is 0 Å². The number of hydrogen-bond acceptors (Lipinski definition) is 0. The molecule has 0 radical (unpaired) electrons. The average Bonchev–Trinajstić information content (AvgIpc) is 1.99. The molecule has 0 fully saturated rings. The molecule has 0 aromatic heterocycles. The van der Waals surface area contributed by atoms with Crippen LogP contribution in [0, 0.1) is 11.3 Å². The second kappa shape index (κ2) is 4.58. The van der Waals surface area contributed by atoms with E-state index in [1.807, 2.05) is 0 Å². The third-order valence-corrected chi connectivity index (χ3v) is 2.76. The van der Waals surface area contributed by atoms with Gasteiger partial charge in [0.15, 0.2) is 0 Å². The van der Waals surface area contributed by atoms with E-state index in [1.165, 1.54) is 19.3 Å². The van der Waals surface area contributed by atoms with Gasteiger partial charge >= 0.3 is 0 Å². The summed E-state index contributed by atoms with van der Waals surface area (Å²) in [5, 5.41) is 0. The van der Waals surface area contributed by atoms with Crippen LogP contribution in [-0.4, -0.2) is 0 Å². The van der Waals surface area contributed by atoms with Crippen LogP contribution in [0.4, 0.5) is 0 Å². The van der Waals surface area contributed by atoms with Crippen LogP contribution in [0.15, 0.2) is 12.7 Å². The minimum absolute atomic E-state index is 0.442. The minimum Gasteiger partial charge on any atom is -0.103 e. The van der Waals surface area contributed by atoms with E-state index < -0.39 is 0 Å². The van der Waals surface area contributed by atoms with Crippen molar-refractivity contribution in [3.05, 3.63) is 12.7 Å². The van der Waals surface area contributed by atoms with Gasteiger partial charge in [0.1, 0.15) is 0 Å². The molecule has 0 heteroatoms. The molecule has 0 saturated heterocycles. The van der Waals surface area contributed by atoms with Crippen LogP contribution < -0.4 is 0 Å².